The Hall–Kier alpha value is -3.42. The Labute approximate surface area is 180 Å². The summed E-state index contributed by atoms with van der Waals surface area (Å²) in [6.45, 7) is 3.98. The maximum Gasteiger partial charge on any atom is 0.347 e. The third-order valence-electron chi connectivity index (χ3n) is 4.56. The van der Waals surface area contributed by atoms with Gasteiger partial charge in [-0.2, -0.15) is 0 Å². The zero-order chi connectivity index (χ0) is 21.1. The van der Waals surface area contributed by atoms with Crippen molar-refractivity contribution in [1.82, 2.24) is 0 Å². The molecule has 0 spiro atoms. The molecule has 1 aliphatic heterocycles. The van der Waals surface area contributed by atoms with Crippen molar-refractivity contribution in [2.24, 2.45) is 0 Å². The average Bonchev–Trinajstić information content (AvgIpc) is 2.71. The molecule has 0 aliphatic carbocycles. The number of anilines is 1. The van der Waals surface area contributed by atoms with Crippen molar-refractivity contribution in [3.8, 4) is 17.6 Å². The molecular formula is C25H20ClNO3. The zero-order valence-electron chi connectivity index (χ0n) is 16.7. The van der Waals surface area contributed by atoms with Crippen LogP contribution in [-0.4, -0.2) is 11.8 Å². The fourth-order valence-corrected chi connectivity index (χ4v) is 3.24. The second kappa shape index (κ2) is 8.14. The Morgan fingerprint density at radius 3 is 2.20 bits per heavy atom. The summed E-state index contributed by atoms with van der Waals surface area (Å²) < 4.78 is 11.1. The number of carbonyl (C=O) groups excluding carboxylic acids is 1. The molecule has 150 valence electrons. The van der Waals surface area contributed by atoms with Gasteiger partial charge in [-0.1, -0.05) is 41.6 Å². The predicted octanol–water partition coefficient (Wildman–Crippen LogP) is 5.64. The number of carbonyl (C=O) groups is 1. The number of esters is 1. The number of cyclic esters (lactones) is 1. The summed E-state index contributed by atoms with van der Waals surface area (Å²) in [5.74, 6) is 5.43. The normalized spacial score (nSPS) is 13.9. The van der Waals surface area contributed by atoms with Crippen molar-refractivity contribution in [2.75, 3.05) is 5.32 Å². The van der Waals surface area contributed by atoms with E-state index in [9.17, 15) is 4.79 Å². The first-order valence-corrected chi connectivity index (χ1v) is 9.93. The van der Waals surface area contributed by atoms with E-state index >= 15 is 0 Å². The molecule has 0 fully saturated rings. The minimum absolute atomic E-state index is 0.392. The van der Waals surface area contributed by atoms with Crippen LogP contribution in [0.4, 0.5) is 5.69 Å². The van der Waals surface area contributed by atoms with Gasteiger partial charge in [0.1, 0.15) is 11.3 Å². The fourth-order valence-electron chi connectivity index (χ4n) is 3.11. The predicted molar refractivity (Wildman–Crippen MR) is 118 cm³/mol. The van der Waals surface area contributed by atoms with Gasteiger partial charge < -0.3 is 14.8 Å². The van der Waals surface area contributed by atoms with Gasteiger partial charge in [-0.05, 0) is 54.1 Å². The van der Waals surface area contributed by atoms with Crippen LogP contribution in [0.1, 0.15) is 40.9 Å². The van der Waals surface area contributed by atoms with Crippen LogP contribution in [0.2, 0.25) is 5.02 Å². The monoisotopic (exact) mass is 417 g/mol. The number of nitrogens with one attached hydrogen (secondary N) is 1. The topological polar surface area (TPSA) is 47.6 Å². The second-order valence-corrected chi connectivity index (χ2v) is 7.81. The molecule has 1 heterocycles. The van der Waals surface area contributed by atoms with Crippen molar-refractivity contribution < 1.29 is 14.3 Å². The molecule has 5 heteroatoms. The van der Waals surface area contributed by atoms with E-state index in [1.54, 1.807) is 19.9 Å². The van der Waals surface area contributed by atoms with Gasteiger partial charge in [0.2, 0.25) is 5.79 Å². The van der Waals surface area contributed by atoms with Crippen LogP contribution in [0, 0.1) is 11.8 Å². The quantitative estimate of drug-likeness (QED) is 0.442. The lowest BCUT2D eigenvalue weighted by atomic mass is 10.1. The second-order valence-electron chi connectivity index (χ2n) is 7.38. The molecule has 4 rings (SSSR count). The number of hydrogen-bond donors (Lipinski definition) is 1. The highest BCUT2D eigenvalue weighted by molar-refractivity contribution is 6.30. The Bertz CT molecular complexity index is 1140. The smallest absolute Gasteiger partial charge is 0.347 e. The van der Waals surface area contributed by atoms with E-state index in [0.717, 1.165) is 16.7 Å². The van der Waals surface area contributed by atoms with Crippen LogP contribution >= 0.6 is 11.6 Å². The lowest BCUT2D eigenvalue weighted by Gasteiger charge is -2.32. The van der Waals surface area contributed by atoms with E-state index < -0.39 is 11.8 Å². The molecule has 0 bridgehead atoms. The van der Waals surface area contributed by atoms with Crippen LogP contribution in [0.15, 0.2) is 66.7 Å². The molecule has 0 unspecified atom stereocenters. The average molecular weight is 418 g/mol. The molecule has 0 atom stereocenters. The highest BCUT2D eigenvalue weighted by atomic mass is 35.5. The minimum Gasteiger partial charge on any atom is -0.452 e. The highest BCUT2D eigenvalue weighted by Gasteiger charge is 2.35. The molecule has 1 N–H and O–H groups in total. The lowest BCUT2D eigenvalue weighted by Crippen LogP contribution is -2.39. The molecule has 30 heavy (non-hydrogen) atoms. The van der Waals surface area contributed by atoms with Gasteiger partial charge in [0.05, 0.1) is 5.69 Å². The van der Waals surface area contributed by atoms with Crippen LogP contribution in [0.25, 0.3) is 0 Å². The molecular weight excluding hydrogens is 398 g/mol. The number of hydrogen-bond acceptors (Lipinski definition) is 4. The molecule has 0 amide bonds. The summed E-state index contributed by atoms with van der Waals surface area (Å²) in [6, 6.07) is 20.9. The van der Waals surface area contributed by atoms with Gasteiger partial charge in [0.25, 0.3) is 0 Å². The molecule has 0 aromatic heterocycles. The summed E-state index contributed by atoms with van der Waals surface area (Å²) in [7, 11) is 0. The summed E-state index contributed by atoms with van der Waals surface area (Å²) in [4.78, 5) is 12.4. The number of ether oxygens (including phenoxy) is 2. The maximum absolute atomic E-state index is 12.4. The maximum atomic E-state index is 12.4. The third kappa shape index (κ3) is 4.59. The number of rotatable bonds is 3. The van der Waals surface area contributed by atoms with Gasteiger partial charge in [-0.15, -0.1) is 0 Å². The van der Waals surface area contributed by atoms with Crippen LogP contribution in [0.3, 0.4) is 0 Å². The Balaban J connectivity index is 1.44. The van der Waals surface area contributed by atoms with E-state index in [1.165, 1.54) is 0 Å². The zero-order valence-corrected chi connectivity index (χ0v) is 17.4. The summed E-state index contributed by atoms with van der Waals surface area (Å²) in [5.41, 5.74) is 4.00. The largest absolute Gasteiger partial charge is 0.452 e. The number of fused-ring (bicyclic) bond motifs is 1. The van der Waals surface area contributed by atoms with Crippen molar-refractivity contribution >= 4 is 23.3 Å². The molecule has 3 aromatic carbocycles. The van der Waals surface area contributed by atoms with Crippen molar-refractivity contribution in [2.45, 2.75) is 26.2 Å². The first kappa shape index (κ1) is 19.9. The van der Waals surface area contributed by atoms with Crippen LogP contribution < -0.4 is 10.1 Å². The van der Waals surface area contributed by atoms with Crippen LogP contribution in [-0.2, 0) is 11.3 Å². The Kier molecular flexibility index (Phi) is 5.39. The molecule has 4 nitrogen and oxygen atoms in total. The first-order valence-electron chi connectivity index (χ1n) is 9.55. The van der Waals surface area contributed by atoms with E-state index in [4.69, 9.17) is 21.1 Å². The molecule has 3 aromatic rings. The Morgan fingerprint density at radius 1 is 0.900 bits per heavy atom. The standard InChI is InChI=1S/C25H20ClNO3/c1-25(2)29-22-5-3-4-21(23(22)24(28)30-25)27-16-19-10-8-17(9-11-19)6-7-18-12-14-20(26)15-13-18/h3-5,8-15,27H,16H2,1-2H3. The minimum atomic E-state index is -0.967. The Morgan fingerprint density at radius 2 is 1.53 bits per heavy atom. The van der Waals surface area contributed by atoms with E-state index in [1.807, 2.05) is 60.7 Å². The highest BCUT2D eigenvalue weighted by Crippen LogP contribution is 2.35. The molecule has 0 saturated heterocycles. The van der Waals surface area contributed by atoms with E-state index in [2.05, 4.69) is 17.2 Å². The molecule has 0 saturated carbocycles. The van der Waals surface area contributed by atoms with Crippen molar-refractivity contribution in [3.05, 3.63) is 94.0 Å². The molecule has 0 radical (unpaired) electrons. The van der Waals surface area contributed by atoms with Crippen molar-refractivity contribution in [1.29, 1.82) is 0 Å². The summed E-state index contributed by atoms with van der Waals surface area (Å²) in [5, 5.41) is 4.00. The molecule has 1 aliphatic rings. The van der Waals surface area contributed by atoms with E-state index in [0.29, 0.717) is 28.6 Å². The van der Waals surface area contributed by atoms with Gasteiger partial charge in [-0.3, -0.25) is 0 Å². The number of benzene rings is 3. The van der Waals surface area contributed by atoms with Gasteiger partial charge >= 0.3 is 5.97 Å². The lowest BCUT2D eigenvalue weighted by molar-refractivity contribution is -0.127. The van der Waals surface area contributed by atoms with E-state index in [-0.39, 0.29) is 0 Å². The number of halogens is 1. The van der Waals surface area contributed by atoms with Crippen LogP contribution in [0.5, 0.6) is 5.75 Å². The summed E-state index contributed by atoms with van der Waals surface area (Å²) >= 11 is 5.89. The SMILES string of the molecule is CC1(C)OC(=O)c2c(NCc3ccc(C#Cc4ccc(Cl)cc4)cc3)cccc2O1. The fraction of sp³-hybridized carbons (Fsp3) is 0.160. The third-order valence-corrected chi connectivity index (χ3v) is 4.81. The first-order chi connectivity index (χ1) is 14.4. The van der Waals surface area contributed by atoms with Gasteiger partial charge in [0.15, 0.2) is 0 Å². The van der Waals surface area contributed by atoms with Crippen molar-refractivity contribution in [3.63, 3.8) is 0 Å². The summed E-state index contributed by atoms with van der Waals surface area (Å²) in [6.07, 6.45) is 0. The van der Waals surface area contributed by atoms with Gasteiger partial charge in [0, 0.05) is 36.5 Å². The van der Waals surface area contributed by atoms with Gasteiger partial charge in [-0.25, -0.2) is 4.79 Å².